The Morgan fingerprint density at radius 2 is 1.68 bits per heavy atom. The van der Waals surface area contributed by atoms with E-state index in [0.717, 1.165) is 17.7 Å². The molecule has 4 nitrogen and oxygen atoms in total. The van der Waals surface area contributed by atoms with Crippen LogP contribution in [0.15, 0.2) is 48.5 Å². The Bertz CT molecular complexity index is 907. The highest BCUT2D eigenvalue weighted by molar-refractivity contribution is 5.85. The molecule has 0 spiro atoms. The van der Waals surface area contributed by atoms with Crippen LogP contribution < -0.4 is 0 Å². The van der Waals surface area contributed by atoms with Crippen LogP contribution in [0.4, 0.5) is 8.78 Å². The number of nitrogens with zero attached hydrogens (tertiary/aromatic N) is 1. The molecule has 1 heterocycles. The maximum absolute atomic E-state index is 13.4. The fourth-order valence-electron chi connectivity index (χ4n) is 4.31. The second kappa shape index (κ2) is 7.00. The summed E-state index contributed by atoms with van der Waals surface area (Å²) >= 11 is 0. The maximum atomic E-state index is 13.4. The topological polar surface area (TPSA) is 57.6 Å². The number of amides is 1. The lowest BCUT2D eigenvalue weighted by molar-refractivity contribution is -0.148. The summed E-state index contributed by atoms with van der Waals surface area (Å²) in [6.45, 7) is 0.752. The largest absolute Gasteiger partial charge is 0.481 e. The first-order valence-electron chi connectivity index (χ1n) is 9.45. The minimum Gasteiger partial charge on any atom is -0.481 e. The van der Waals surface area contributed by atoms with E-state index in [1.54, 1.807) is 4.90 Å². The predicted molar refractivity (Wildman–Crippen MR) is 98.8 cm³/mol. The van der Waals surface area contributed by atoms with Gasteiger partial charge in [-0.3, -0.25) is 9.59 Å². The van der Waals surface area contributed by atoms with Gasteiger partial charge in [0.25, 0.3) is 0 Å². The van der Waals surface area contributed by atoms with Crippen LogP contribution in [0.2, 0.25) is 0 Å². The quantitative estimate of drug-likeness (QED) is 0.873. The second-order valence-electron chi connectivity index (χ2n) is 7.70. The Labute approximate surface area is 161 Å². The van der Waals surface area contributed by atoms with Crippen LogP contribution in [-0.2, 0) is 15.0 Å². The summed E-state index contributed by atoms with van der Waals surface area (Å²) in [7, 11) is 0. The van der Waals surface area contributed by atoms with E-state index in [4.69, 9.17) is 0 Å². The third kappa shape index (κ3) is 3.17. The van der Waals surface area contributed by atoms with E-state index < -0.39 is 23.0 Å². The fourth-order valence-corrected chi connectivity index (χ4v) is 4.31. The summed E-state index contributed by atoms with van der Waals surface area (Å²) in [5.74, 6) is -3.02. The van der Waals surface area contributed by atoms with Crippen LogP contribution in [0.25, 0.3) is 0 Å². The van der Waals surface area contributed by atoms with Gasteiger partial charge in [0.05, 0.1) is 5.41 Å². The monoisotopic (exact) mass is 385 g/mol. The third-order valence-electron chi connectivity index (χ3n) is 6.14. The van der Waals surface area contributed by atoms with Crippen LogP contribution in [0, 0.1) is 17.6 Å². The highest BCUT2D eigenvalue weighted by Crippen LogP contribution is 2.49. The molecule has 1 amide bonds. The van der Waals surface area contributed by atoms with Crippen LogP contribution >= 0.6 is 0 Å². The summed E-state index contributed by atoms with van der Waals surface area (Å²) in [5.41, 5.74) is 0.431. The van der Waals surface area contributed by atoms with Gasteiger partial charge in [0.15, 0.2) is 11.6 Å². The lowest BCUT2D eigenvalue weighted by atomic mass is 9.73. The van der Waals surface area contributed by atoms with E-state index in [0.29, 0.717) is 37.9 Å². The molecular formula is C22H21F2NO3. The summed E-state index contributed by atoms with van der Waals surface area (Å²) < 4.78 is 26.6. The Morgan fingerprint density at radius 3 is 2.29 bits per heavy atom. The molecule has 2 fully saturated rings. The molecule has 2 aromatic carbocycles. The van der Waals surface area contributed by atoms with Crippen molar-refractivity contribution < 1.29 is 23.5 Å². The van der Waals surface area contributed by atoms with Gasteiger partial charge in [0.2, 0.25) is 5.91 Å². The van der Waals surface area contributed by atoms with Crippen LogP contribution in [-0.4, -0.2) is 35.0 Å². The van der Waals surface area contributed by atoms with Gasteiger partial charge in [-0.1, -0.05) is 36.4 Å². The van der Waals surface area contributed by atoms with Gasteiger partial charge in [-0.25, -0.2) is 8.78 Å². The lowest BCUT2D eigenvalue weighted by Gasteiger charge is -2.39. The van der Waals surface area contributed by atoms with E-state index in [-0.39, 0.29) is 17.7 Å². The fraction of sp³-hybridized carbons (Fsp3) is 0.364. The molecule has 6 heteroatoms. The molecule has 0 unspecified atom stereocenters. The standard InChI is InChI=1S/C22H21F2NO3/c23-18-7-6-14(12-19(18)24)16-13-17(16)20(26)25-10-8-22(9-11-25,21(27)28)15-4-2-1-3-5-15/h1-7,12,16-17H,8-11,13H2,(H,27,28)/t16-,17+/m0/s1. The zero-order valence-electron chi connectivity index (χ0n) is 15.3. The molecule has 1 N–H and O–H groups in total. The molecule has 1 saturated carbocycles. The van der Waals surface area contributed by atoms with Crippen molar-refractivity contribution in [2.45, 2.75) is 30.6 Å². The number of carbonyl (C=O) groups excluding carboxylic acids is 1. The molecule has 1 aliphatic carbocycles. The van der Waals surface area contributed by atoms with Crippen molar-refractivity contribution in [2.24, 2.45) is 5.92 Å². The van der Waals surface area contributed by atoms with E-state index in [9.17, 15) is 23.5 Å². The van der Waals surface area contributed by atoms with Crippen molar-refractivity contribution >= 4 is 11.9 Å². The highest BCUT2D eigenvalue weighted by atomic mass is 19.2. The number of carboxylic acid groups (broad SMARTS) is 1. The number of likely N-dealkylation sites (tertiary alicyclic amines) is 1. The minimum atomic E-state index is -0.971. The van der Waals surface area contributed by atoms with E-state index in [1.807, 2.05) is 30.3 Å². The molecule has 0 radical (unpaired) electrons. The number of halogens is 2. The van der Waals surface area contributed by atoms with Crippen LogP contribution in [0.1, 0.15) is 36.3 Å². The van der Waals surface area contributed by atoms with Crippen LogP contribution in [0.5, 0.6) is 0 Å². The van der Waals surface area contributed by atoms with Gasteiger partial charge < -0.3 is 10.0 Å². The van der Waals surface area contributed by atoms with Crippen molar-refractivity contribution in [3.05, 3.63) is 71.3 Å². The van der Waals surface area contributed by atoms with Gasteiger partial charge in [-0.2, -0.15) is 0 Å². The summed E-state index contributed by atoms with van der Waals surface area (Å²) in [6.07, 6.45) is 1.34. The SMILES string of the molecule is O=C([C@@H]1C[C@H]1c1ccc(F)c(F)c1)N1CCC(C(=O)O)(c2ccccc2)CC1. The Hall–Kier alpha value is -2.76. The average Bonchev–Trinajstić information content (AvgIpc) is 3.51. The predicted octanol–water partition coefficient (Wildman–Crippen LogP) is 3.71. The second-order valence-corrected chi connectivity index (χ2v) is 7.70. The molecule has 2 aromatic rings. The molecule has 2 aliphatic rings. The maximum Gasteiger partial charge on any atom is 0.314 e. The summed E-state index contributed by atoms with van der Waals surface area (Å²) in [5, 5.41) is 9.86. The number of hydrogen-bond donors (Lipinski definition) is 1. The van der Waals surface area contributed by atoms with Gasteiger partial charge in [-0.05, 0) is 48.4 Å². The minimum absolute atomic E-state index is 0.0261. The summed E-state index contributed by atoms with van der Waals surface area (Å²) in [4.78, 5) is 26.6. The number of carboxylic acids is 1. The Balaban J connectivity index is 1.43. The van der Waals surface area contributed by atoms with Gasteiger partial charge in [0.1, 0.15) is 0 Å². The first-order chi connectivity index (χ1) is 13.4. The molecular weight excluding hydrogens is 364 g/mol. The molecule has 4 rings (SSSR count). The average molecular weight is 385 g/mol. The Kier molecular flexibility index (Phi) is 4.65. The number of hydrogen-bond acceptors (Lipinski definition) is 2. The molecule has 28 heavy (non-hydrogen) atoms. The van der Waals surface area contributed by atoms with Crippen molar-refractivity contribution in [3.63, 3.8) is 0 Å². The van der Waals surface area contributed by atoms with E-state index >= 15 is 0 Å². The highest BCUT2D eigenvalue weighted by Gasteiger charge is 2.49. The number of rotatable bonds is 4. The van der Waals surface area contributed by atoms with Crippen molar-refractivity contribution in [1.29, 1.82) is 0 Å². The van der Waals surface area contributed by atoms with E-state index in [2.05, 4.69) is 0 Å². The molecule has 146 valence electrons. The molecule has 0 bridgehead atoms. The summed E-state index contributed by atoms with van der Waals surface area (Å²) in [6, 6.07) is 12.9. The number of piperidine rings is 1. The Morgan fingerprint density at radius 1 is 1.00 bits per heavy atom. The third-order valence-corrected chi connectivity index (χ3v) is 6.14. The zero-order chi connectivity index (χ0) is 19.9. The van der Waals surface area contributed by atoms with Crippen molar-refractivity contribution in [3.8, 4) is 0 Å². The zero-order valence-corrected chi connectivity index (χ0v) is 15.3. The number of benzene rings is 2. The molecule has 1 aliphatic heterocycles. The van der Waals surface area contributed by atoms with Crippen molar-refractivity contribution in [1.82, 2.24) is 4.90 Å². The molecule has 2 atom stereocenters. The van der Waals surface area contributed by atoms with Crippen LogP contribution in [0.3, 0.4) is 0 Å². The molecule has 0 aromatic heterocycles. The van der Waals surface area contributed by atoms with E-state index in [1.165, 1.54) is 6.07 Å². The molecule has 1 saturated heterocycles. The lowest BCUT2D eigenvalue weighted by Crippen LogP contribution is -2.49. The first-order valence-corrected chi connectivity index (χ1v) is 9.45. The van der Waals surface area contributed by atoms with Gasteiger partial charge in [-0.15, -0.1) is 0 Å². The van der Waals surface area contributed by atoms with Gasteiger partial charge in [0, 0.05) is 19.0 Å². The van der Waals surface area contributed by atoms with Gasteiger partial charge >= 0.3 is 5.97 Å². The van der Waals surface area contributed by atoms with Crippen molar-refractivity contribution in [2.75, 3.05) is 13.1 Å². The first kappa shape index (κ1) is 18.6. The number of aliphatic carboxylic acids is 1. The number of carbonyl (C=O) groups is 2. The normalized spacial score (nSPS) is 23.3. The smallest absolute Gasteiger partial charge is 0.314 e.